The summed E-state index contributed by atoms with van der Waals surface area (Å²) in [6.45, 7) is 1.90. The van der Waals surface area contributed by atoms with Crippen LogP contribution in [-0.2, 0) is 16.6 Å². The first-order valence-electron chi connectivity index (χ1n) is 6.08. The number of nitrogens with two attached hydrogens (primary N) is 1. The molecule has 2 rings (SSSR count). The van der Waals surface area contributed by atoms with Crippen molar-refractivity contribution in [1.82, 2.24) is 0 Å². The molecule has 1 unspecified atom stereocenters. The van der Waals surface area contributed by atoms with Crippen molar-refractivity contribution in [3.8, 4) is 5.75 Å². The Morgan fingerprint density at radius 2 is 2.00 bits per heavy atom. The summed E-state index contributed by atoms with van der Waals surface area (Å²) < 4.78 is 17.8. The van der Waals surface area contributed by atoms with Gasteiger partial charge in [0.2, 0.25) is 0 Å². The lowest BCUT2D eigenvalue weighted by Gasteiger charge is -2.10. The van der Waals surface area contributed by atoms with E-state index >= 15 is 0 Å². The van der Waals surface area contributed by atoms with Gasteiger partial charge in [0.05, 0.1) is 23.7 Å². The largest absolute Gasteiger partial charge is 0.496 e. The molecule has 0 fully saturated rings. The first-order chi connectivity index (χ1) is 9.51. The third-order valence-corrected chi connectivity index (χ3v) is 4.73. The number of hydrogen-bond acceptors (Lipinski definition) is 3. The van der Waals surface area contributed by atoms with E-state index in [2.05, 4.69) is 0 Å². The Hall–Kier alpha value is -1.52. The van der Waals surface area contributed by atoms with Crippen LogP contribution in [0.5, 0.6) is 5.75 Å². The summed E-state index contributed by atoms with van der Waals surface area (Å²) in [4.78, 5) is 0.779. The van der Waals surface area contributed by atoms with Crippen LogP contribution >= 0.6 is 11.6 Å². The maximum absolute atomic E-state index is 12.5. The number of ether oxygens (including phenoxy) is 1. The molecule has 0 radical (unpaired) electrons. The molecular formula is C15H16ClNO2S. The fourth-order valence-corrected chi connectivity index (χ4v) is 3.50. The summed E-state index contributed by atoms with van der Waals surface area (Å²) in [6.07, 6.45) is 0. The van der Waals surface area contributed by atoms with E-state index in [4.69, 9.17) is 22.1 Å². The van der Waals surface area contributed by atoms with Crippen LogP contribution in [0.15, 0.2) is 41.3 Å². The predicted molar refractivity (Wildman–Crippen MR) is 83.7 cm³/mol. The number of nitrogen functional groups attached to an aromatic ring is 1. The van der Waals surface area contributed by atoms with E-state index in [0.717, 1.165) is 16.0 Å². The Kier molecular flexibility index (Phi) is 4.68. The maximum Gasteiger partial charge on any atom is 0.123 e. The Bertz CT molecular complexity index is 658. The average Bonchev–Trinajstić information content (AvgIpc) is 2.38. The van der Waals surface area contributed by atoms with E-state index in [-0.39, 0.29) is 0 Å². The van der Waals surface area contributed by atoms with Gasteiger partial charge in [0.25, 0.3) is 0 Å². The van der Waals surface area contributed by atoms with Crippen molar-refractivity contribution in [2.75, 3.05) is 12.8 Å². The van der Waals surface area contributed by atoms with Gasteiger partial charge in [-0.1, -0.05) is 11.6 Å². The number of anilines is 1. The second-order valence-corrected chi connectivity index (χ2v) is 6.33. The molecule has 0 aliphatic carbocycles. The minimum Gasteiger partial charge on any atom is -0.496 e. The first-order valence-corrected chi connectivity index (χ1v) is 7.78. The molecule has 2 aromatic rings. The molecule has 2 N–H and O–H groups in total. The fourth-order valence-electron chi connectivity index (χ4n) is 2.01. The average molecular weight is 310 g/mol. The standard InChI is InChI=1S/C15H16ClNO2S/c1-10-7-13(17)4-6-15(10)20(18)9-11-8-12(16)3-5-14(11)19-2/h3-8H,9,17H2,1-2H3. The molecule has 2 aromatic carbocycles. The van der Waals surface area contributed by atoms with Crippen molar-refractivity contribution in [2.45, 2.75) is 17.6 Å². The van der Waals surface area contributed by atoms with Gasteiger partial charge in [-0.3, -0.25) is 4.21 Å². The monoisotopic (exact) mass is 309 g/mol. The van der Waals surface area contributed by atoms with Crippen molar-refractivity contribution < 1.29 is 8.95 Å². The molecule has 0 aliphatic heterocycles. The van der Waals surface area contributed by atoms with Gasteiger partial charge in [-0.05, 0) is 48.9 Å². The van der Waals surface area contributed by atoms with E-state index < -0.39 is 10.8 Å². The Morgan fingerprint density at radius 3 is 2.65 bits per heavy atom. The van der Waals surface area contributed by atoms with Gasteiger partial charge in [0.15, 0.2) is 0 Å². The van der Waals surface area contributed by atoms with E-state index in [0.29, 0.717) is 22.2 Å². The molecule has 0 saturated heterocycles. The number of hydrogen-bond donors (Lipinski definition) is 1. The van der Waals surface area contributed by atoms with Crippen LogP contribution in [0.2, 0.25) is 5.02 Å². The number of rotatable bonds is 4. The van der Waals surface area contributed by atoms with Crippen molar-refractivity contribution in [1.29, 1.82) is 0 Å². The molecule has 1 atom stereocenters. The maximum atomic E-state index is 12.5. The summed E-state index contributed by atoms with van der Waals surface area (Å²) in [5.74, 6) is 1.05. The van der Waals surface area contributed by atoms with Crippen LogP contribution < -0.4 is 10.5 Å². The summed E-state index contributed by atoms with van der Waals surface area (Å²) in [7, 11) is 0.419. The molecule has 20 heavy (non-hydrogen) atoms. The second-order valence-electron chi connectivity index (χ2n) is 4.47. The molecule has 0 aromatic heterocycles. The van der Waals surface area contributed by atoms with Crippen LogP contribution in [0.4, 0.5) is 5.69 Å². The third-order valence-electron chi connectivity index (χ3n) is 2.97. The van der Waals surface area contributed by atoms with Crippen LogP contribution in [0.25, 0.3) is 0 Å². The van der Waals surface area contributed by atoms with E-state index in [1.54, 1.807) is 37.4 Å². The topological polar surface area (TPSA) is 52.3 Å². The van der Waals surface area contributed by atoms with Gasteiger partial charge in [-0.25, -0.2) is 0 Å². The summed E-state index contributed by atoms with van der Waals surface area (Å²) >= 11 is 5.98. The lowest BCUT2D eigenvalue weighted by molar-refractivity contribution is 0.411. The summed E-state index contributed by atoms with van der Waals surface area (Å²) in [5, 5.41) is 0.604. The normalized spacial score (nSPS) is 12.2. The number of aryl methyl sites for hydroxylation is 1. The molecule has 0 aliphatic rings. The second kappa shape index (κ2) is 6.29. The quantitative estimate of drug-likeness (QED) is 0.879. The molecule has 106 valence electrons. The van der Waals surface area contributed by atoms with Crippen molar-refractivity contribution in [3.63, 3.8) is 0 Å². The van der Waals surface area contributed by atoms with Gasteiger partial charge in [-0.15, -0.1) is 0 Å². The highest BCUT2D eigenvalue weighted by Crippen LogP contribution is 2.26. The van der Waals surface area contributed by atoms with Gasteiger partial charge < -0.3 is 10.5 Å². The molecular weight excluding hydrogens is 294 g/mol. The van der Waals surface area contributed by atoms with Crippen LogP contribution in [0.3, 0.4) is 0 Å². The smallest absolute Gasteiger partial charge is 0.123 e. The summed E-state index contributed by atoms with van der Waals surface area (Å²) in [6, 6.07) is 10.7. The van der Waals surface area contributed by atoms with E-state index in [1.165, 1.54) is 0 Å². The van der Waals surface area contributed by atoms with Gasteiger partial charge >= 0.3 is 0 Å². The van der Waals surface area contributed by atoms with Crippen LogP contribution in [0.1, 0.15) is 11.1 Å². The lowest BCUT2D eigenvalue weighted by atomic mass is 10.2. The zero-order valence-corrected chi connectivity index (χ0v) is 12.9. The molecule has 0 amide bonds. The fraction of sp³-hybridized carbons (Fsp3) is 0.200. The minimum absolute atomic E-state index is 0.356. The molecule has 0 bridgehead atoms. The number of halogens is 1. The first kappa shape index (κ1) is 14.9. The minimum atomic E-state index is -1.17. The molecule has 0 heterocycles. The van der Waals surface area contributed by atoms with E-state index in [1.807, 2.05) is 13.0 Å². The van der Waals surface area contributed by atoms with E-state index in [9.17, 15) is 4.21 Å². The number of methoxy groups -OCH3 is 1. The number of benzene rings is 2. The van der Waals surface area contributed by atoms with Crippen LogP contribution in [0, 0.1) is 6.92 Å². The zero-order chi connectivity index (χ0) is 14.7. The third kappa shape index (κ3) is 3.32. The Labute approximate surface area is 126 Å². The lowest BCUT2D eigenvalue weighted by Crippen LogP contribution is -2.01. The molecule has 0 spiro atoms. The van der Waals surface area contributed by atoms with Crippen molar-refractivity contribution in [2.24, 2.45) is 0 Å². The highest BCUT2D eigenvalue weighted by Gasteiger charge is 2.12. The molecule has 0 saturated carbocycles. The Morgan fingerprint density at radius 1 is 1.25 bits per heavy atom. The highest BCUT2D eigenvalue weighted by atomic mass is 35.5. The van der Waals surface area contributed by atoms with Gasteiger partial charge in [0, 0.05) is 21.2 Å². The van der Waals surface area contributed by atoms with Crippen molar-refractivity contribution in [3.05, 3.63) is 52.5 Å². The zero-order valence-electron chi connectivity index (χ0n) is 11.4. The van der Waals surface area contributed by atoms with Gasteiger partial charge in [0.1, 0.15) is 5.75 Å². The van der Waals surface area contributed by atoms with Crippen LogP contribution in [-0.4, -0.2) is 11.3 Å². The molecule has 5 heteroatoms. The van der Waals surface area contributed by atoms with Crippen molar-refractivity contribution >= 4 is 28.1 Å². The summed E-state index contributed by atoms with van der Waals surface area (Å²) in [5.41, 5.74) is 8.13. The van der Waals surface area contributed by atoms with Gasteiger partial charge in [-0.2, -0.15) is 0 Å². The highest BCUT2D eigenvalue weighted by molar-refractivity contribution is 7.84. The molecule has 3 nitrogen and oxygen atoms in total. The predicted octanol–water partition coefficient (Wildman–Crippen LogP) is 3.55. The Balaban J connectivity index is 2.30. The SMILES string of the molecule is COc1ccc(Cl)cc1CS(=O)c1ccc(N)cc1C.